The van der Waals surface area contributed by atoms with E-state index >= 15 is 0 Å². The molecule has 0 spiro atoms. The summed E-state index contributed by atoms with van der Waals surface area (Å²) in [5.74, 6) is 0.0807. The Balaban J connectivity index is 1.22. The van der Waals surface area contributed by atoms with Crippen molar-refractivity contribution in [2.45, 2.75) is 40.8 Å². The first-order valence-electron chi connectivity index (χ1n) is 12.7. The summed E-state index contributed by atoms with van der Waals surface area (Å²) in [6.45, 7) is 12.6. The SMILES string of the molecule is Cc1nn(Cc2cccc(C(=O)N3CCN(Cc4c(C)nn(-c5ccccc5)c4C)CC3)c2)c(C)c1Cl. The smallest absolute Gasteiger partial charge is 0.253 e. The molecular formula is C29H33ClN6O. The summed E-state index contributed by atoms with van der Waals surface area (Å²) in [6, 6.07) is 18.1. The Morgan fingerprint density at radius 3 is 2.24 bits per heavy atom. The number of carbonyl (C=O) groups excluding carboxylic acids is 1. The van der Waals surface area contributed by atoms with Crippen molar-refractivity contribution in [1.82, 2.24) is 29.4 Å². The largest absolute Gasteiger partial charge is 0.336 e. The van der Waals surface area contributed by atoms with E-state index in [4.69, 9.17) is 16.7 Å². The third-order valence-corrected chi connectivity index (χ3v) is 7.83. The third kappa shape index (κ3) is 5.20. The second-order valence-corrected chi connectivity index (χ2v) is 10.2. The number of hydrogen-bond donors (Lipinski definition) is 0. The van der Waals surface area contributed by atoms with Crippen molar-refractivity contribution >= 4 is 17.5 Å². The van der Waals surface area contributed by atoms with E-state index in [-0.39, 0.29) is 5.91 Å². The van der Waals surface area contributed by atoms with Crippen LogP contribution in [0.3, 0.4) is 0 Å². The Morgan fingerprint density at radius 2 is 1.57 bits per heavy atom. The number of halogens is 1. The first-order valence-corrected chi connectivity index (χ1v) is 13.1. The molecule has 1 aliphatic rings. The van der Waals surface area contributed by atoms with E-state index < -0.39 is 0 Å². The van der Waals surface area contributed by atoms with E-state index in [0.29, 0.717) is 24.7 Å². The molecule has 2 aromatic carbocycles. The van der Waals surface area contributed by atoms with Gasteiger partial charge in [0.25, 0.3) is 5.91 Å². The van der Waals surface area contributed by atoms with E-state index in [9.17, 15) is 4.79 Å². The number of aryl methyl sites for hydroxylation is 2. The summed E-state index contributed by atoms with van der Waals surface area (Å²) in [4.78, 5) is 17.7. The molecular weight excluding hydrogens is 484 g/mol. The summed E-state index contributed by atoms with van der Waals surface area (Å²) >= 11 is 6.30. The van der Waals surface area contributed by atoms with Crippen molar-refractivity contribution < 1.29 is 4.79 Å². The van der Waals surface area contributed by atoms with Crippen molar-refractivity contribution in [3.63, 3.8) is 0 Å². The van der Waals surface area contributed by atoms with Gasteiger partial charge >= 0.3 is 0 Å². The Bertz CT molecular complexity index is 1420. The molecule has 2 aromatic heterocycles. The van der Waals surface area contributed by atoms with Crippen LogP contribution in [0, 0.1) is 27.7 Å². The minimum absolute atomic E-state index is 0.0807. The molecule has 5 rings (SSSR count). The Morgan fingerprint density at radius 1 is 0.838 bits per heavy atom. The molecule has 4 aromatic rings. The second-order valence-electron chi connectivity index (χ2n) is 9.81. The number of rotatable bonds is 6. The van der Waals surface area contributed by atoms with Crippen LogP contribution >= 0.6 is 11.6 Å². The van der Waals surface area contributed by atoms with Gasteiger partial charge in [-0.05, 0) is 57.5 Å². The van der Waals surface area contributed by atoms with Gasteiger partial charge in [-0.25, -0.2) is 4.68 Å². The molecule has 0 unspecified atom stereocenters. The van der Waals surface area contributed by atoms with E-state index in [1.54, 1.807) is 0 Å². The highest BCUT2D eigenvalue weighted by atomic mass is 35.5. The van der Waals surface area contributed by atoms with Gasteiger partial charge < -0.3 is 4.90 Å². The lowest BCUT2D eigenvalue weighted by Crippen LogP contribution is -2.48. The highest BCUT2D eigenvalue weighted by molar-refractivity contribution is 6.31. The molecule has 1 amide bonds. The summed E-state index contributed by atoms with van der Waals surface area (Å²) in [7, 11) is 0. The quantitative estimate of drug-likeness (QED) is 0.363. The molecule has 7 nitrogen and oxygen atoms in total. The normalized spacial score (nSPS) is 14.4. The lowest BCUT2D eigenvalue weighted by atomic mass is 10.1. The zero-order chi connectivity index (χ0) is 26.1. The molecule has 0 atom stereocenters. The van der Waals surface area contributed by atoms with Crippen molar-refractivity contribution in [1.29, 1.82) is 0 Å². The summed E-state index contributed by atoms with van der Waals surface area (Å²) in [5, 5.41) is 10.0. The van der Waals surface area contributed by atoms with E-state index in [0.717, 1.165) is 53.5 Å². The first-order chi connectivity index (χ1) is 17.8. The molecule has 37 heavy (non-hydrogen) atoms. The van der Waals surface area contributed by atoms with Gasteiger partial charge in [-0.15, -0.1) is 0 Å². The van der Waals surface area contributed by atoms with Crippen LogP contribution in [0.4, 0.5) is 0 Å². The van der Waals surface area contributed by atoms with Crippen LogP contribution in [-0.4, -0.2) is 61.4 Å². The summed E-state index contributed by atoms with van der Waals surface area (Å²) in [5.41, 5.74) is 8.08. The number of amides is 1. The highest BCUT2D eigenvalue weighted by Crippen LogP contribution is 2.22. The zero-order valence-corrected chi connectivity index (χ0v) is 22.7. The van der Waals surface area contributed by atoms with Crippen LogP contribution < -0.4 is 0 Å². The Labute approximate surface area is 223 Å². The van der Waals surface area contributed by atoms with Gasteiger partial charge in [0.1, 0.15) is 0 Å². The van der Waals surface area contributed by atoms with Crippen molar-refractivity contribution in [3.05, 3.63) is 99.1 Å². The fraction of sp³-hybridized carbons (Fsp3) is 0.345. The molecule has 0 bridgehead atoms. The third-order valence-electron chi connectivity index (χ3n) is 7.28. The van der Waals surface area contributed by atoms with Crippen LogP contribution in [0.5, 0.6) is 0 Å². The molecule has 1 saturated heterocycles. The summed E-state index contributed by atoms with van der Waals surface area (Å²) < 4.78 is 3.92. The maximum atomic E-state index is 13.3. The predicted molar refractivity (Wildman–Crippen MR) is 146 cm³/mol. The van der Waals surface area contributed by atoms with Crippen LogP contribution in [0.15, 0.2) is 54.6 Å². The predicted octanol–water partition coefficient (Wildman–Crippen LogP) is 4.96. The molecule has 1 fully saturated rings. The fourth-order valence-electron chi connectivity index (χ4n) is 5.04. The van der Waals surface area contributed by atoms with E-state index in [1.807, 2.05) is 70.6 Å². The molecule has 0 N–H and O–H groups in total. The Hall–Kier alpha value is -3.42. The molecule has 0 saturated carbocycles. The monoisotopic (exact) mass is 516 g/mol. The van der Waals surface area contributed by atoms with E-state index in [1.165, 1.54) is 11.3 Å². The van der Waals surface area contributed by atoms with Gasteiger partial charge in [-0.1, -0.05) is 41.9 Å². The number of piperazine rings is 1. The number of aromatic nitrogens is 4. The lowest BCUT2D eigenvalue weighted by Gasteiger charge is -2.35. The van der Waals surface area contributed by atoms with Crippen LogP contribution in [-0.2, 0) is 13.1 Å². The molecule has 192 valence electrons. The maximum absolute atomic E-state index is 13.3. The standard InChI is InChI=1S/C29H33ClN6O/c1-20-27(22(3)36(32-20)26-11-6-5-7-12-26)19-33-13-15-34(16-14-33)29(37)25-10-8-9-24(17-25)18-35-23(4)28(30)21(2)31-35/h5-12,17H,13-16,18-19H2,1-4H3. The van der Waals surface area contributed by atoms with Gasteiger partial charge in [0.05, 0.1) is 34.3 Å². The molecule has 1 aliphatic heterocycles. The van der Waals surface area contributed by atoms with Crippen molar-refractivity contribution in [2.24, 2.45) is 0 Å². The minimum atomic E-state index is 0.0807. The summed E-state index contributed by atoms with van der Waals surface area (Å²) in [6.07, 6.45) is 0. The molecule has 3 heterocycles. The first kappa shape index (κ1) is 25.2. The fourth-order valence-corrected chi connectivity index (χ4v) is 5.18. The van der Waals surface area contributed by atoms with Crippen molar-refractivity contribution in [3.8, 4) is 5.69 Å². The van der Waals surface area contributed by atoms with Crippen LogP contribution in [0.2, 0.25) is 5.02 Å². The topological polar surface area (TPSA) is 59.2 Å². The van der Waals surface area contributed by atoms with Gasteiger partial charge in [-0.2, -0.15) is 10.2 Å². The van der Waals surface area contributed by atoms with Crippen LogP contribution in [0.1, 0.15) is 44.3 Å². The van der Waals surface area contributed by atoms with Gasteiger partial charge in [0, 0.05) is 49.5 Å². The van der Waals surface area contributed by atoms with Gasteiger partial charge in [0.2, 0.25) is 0 Å². The Kier molecular flexibility index (Phi) is 7.17. The number of carbonyl (C=O) groups is 1. The number of nitrogens with zero attached hydrogens (tertiary/aromatic N) is 6. The minimum Gasteiger partial charge on any atom is -0.336 e. The van der Waals surface area contributed by atoms with Gasteiger partial charge in [-0.3, -0.25) is 14.4 Å². The number of hydrogen-bond acceptors (Lipinski definition) is 4. The van der Waals surface area contributed by atoms with E-state index in [2.05, 4.69) is 36.0 Å². The molecule has 0 radical (unpaired) electrons. The van der Waals surface area contributed by atoms with Gasteiger partial charge in [0.15, 0.2) is 0 Å². The molecule has 8 heteroatoms. The van der Waals surface area contributed by atoms with Crippen molar-refractivity contribution in [2.75, 3.05) is 26.2 Å². The molecule has 0 aliphatic carbocycles. The highest BCUT2D eigenvalue weighted by Gasteiger charge is 2.24. The average molecular weight is 517 g/mol. The zero-order valence-electron chi connectivity index (χ0n) is 21.9. The second kappa shape index (κ2) is 10.5. The van der Waals surface area contributed by atoms with Crippen LogP contribution in [0.25, 0.3) is 5.69 Å². The maximum Gasteiger partial charge on any atom is 0.253 e. The number of para-hydroxylation sites is 1. The number of benzene rings is 2. The lowest BCUT2D eigenvalue weighted by molar-refractivity contribution is 0.0627. The average Bonchev–Trinajstić information content (AvgIpc) is 3.33.